The van der Waals surface area contributed by atoms with Crippen LogP contribution < -0.4 is 4.74 Å². The quantitative estimate of drug-likeness (QED) is 0.574. The van der Waals surface area contributed by atoms with Gasteiger partial charge in [0.25, 0.3) is 5.91 Å². The van der Waals surface area contributed by atoms with E-state index in [2.05, 4.69) is 41.5 Å². The van der Waals surface area contributed by atoms with Gasteiger partial charge in [0.05, 0.1) is 16.8 Å². The number of aromatic nitrogens is 3. The Kier molecular flexibility index (Phi) is 5.41. The van der Waals surface area contributed by atoms with Crippen LogP contribution >= 0.6 is 11.6 Å². The summed E-state index contributed by atoms with van der Waals surface area (Å²) in [6.07, 6.45) is 5.43. The predicted octanol–water partition coefficient (Wildman–Crippen LogP) is 4.81. The number of aryl methyl sites for hydroxylation is 1. The van der Waals surface area contributed by atoms with Gasteiger partial charge in [-0.15, -0.1) is 5.10 Å². The average molecular weight is 451 g/mol. The van der Waals surface area contributed by atoms with Crippen molar-refractivity contribution in [3.63, 3.8) is 0 Å². The van der Waals surface area contributed by atoms with Gasteiger partial charge < -0.3 is 9.64 Å². The zero-order chi connectivity index (χ0) is 22.4. The largest absolute Gasteiger partial charge is 0.488 e. The Morgan fingerprint density at radius 1 is 1.19 bits per heavy atom. The Balaban J connectivity index is 1.49. The van der Waals surface area contributed by atoms with E-state index in [1.54, 1.807) is 4.68 Å². The summed E-state index contributed by atoms with van der Waals surface area (Å²) in [5.41, 5.74) is 5.61. The van der Waals surface area contributed by atoms with E-state index >= 15 is 0 Å². The first-order valence-corrected chi connectivity index (χ1v) is 11.5. The number of ether oxygens (including phenoxy) is 1. The molecule has 1 amide bonds. The number of nitrogens with zero attached hydrogens (tertiary/aromatic N) is 4. The van der Waals surface area contributed by atoms with Gasteiger partial charge in [-0.1, -0.05) is 41.1 Å². The molecule has 5 rings (SSSR count). The molecule has 0 spiro atoms. The Hall–Kier alpha value is -2.86. The third-order valence-corrected chi connectivity index (χ3v) is 7.18. The highest BCUT2D eigenvalue weighted by Crippen LogP contribution is 2.40. The van der Waals surface area contributed by atoms with Crippen LogP contribution in [0.25, 0.3) is 11.3 Å². The van der Waals surface area contributed by atoms with Gasteiger partial charge >= 0.3 is 0 Å². The van der Waals surface area contributed by atoms with Crippen LogP contribution in [0.5, 0.6) is 5.75 Å². The molecule has 3 aromatic rings. The monoisotopic (exact) mass is 450 g/mol. The van der Waals surface area contributed by atoms with Crippen LogP contribution in [0.1, 0.15) is 53.2 Å². The van der Waals surface area contributed by atoms with Crippen molar-refractivity contribution in [2.24, 2.45) is 7.05 Å². The lowest BCUT2D eigenvalue weighted by Crippen LogP contribution is -2.39. The lowest BCUT2D eigenvalue weighted by Gasteiger charge is -2.30. The standard InChI is InChI=1S/C25H27ClN4O2/c1-15-4-9-20-10-11-30(15)25(31)21-13-19(16(2)23(26)24(21)32-20)12-17-5-7-18(8-6-17)22-14-29(3)28-27-22/h5-8,13-15,20H,4,9-12H2,1-3H3/t15-,20?/m1/s1. The fourth-order valence-electron chi connectivity index (χ4n) is 4.70. The minimum Gasteiger partial charge on any atom is -0.488 e. The van der Waals surface area contributed by atoms with E-state index in [9.17, 15) is 4.79 Å². The third kappa shape index (κ3) is 3.77. The van der Waals surface area contributed by atoms with Crippen LogP contribution in [0.4, 0.5) is 0 Å². The molecule has 0 aliphatic carbocycles. The molecule has 1 aromatic heterocycles. The summed E-state index contributed by atoms with van der Waals surface area (Å²) in [4.78, 5) is 15.4. The normalized spacial score (nSPS) is 20.4. The van der Waals surface area contributed by atoms with Crippen molar-refractivity contribution in [3.8, 4) is 17.0 Å². The van der Waals surface area contributed by atoms with Crippen molar-refractivity contribution in [1.29, 1.82) is 0 Å². The number of hydrogen-bond donors (Lipinski definition) is 0. The van der Waals surface area contributed by atoms with E-state index in [0.29, 0.717) is 22.8 Å². The zero-order valence-electron chi connectivity index (χ0n) is 18.6. The van der Waals surface area contributed by atoms with E-state index in [0.717, 1.165) is 53.8 Å². The smallest absolute Gasteiger partial charge is 0.257 e. The molecule has 0 N–H and O–H groups in total. The first kappa shape index (κ1) is 21.0. The third-order valence-electron chi connectivity index (χ3n) is 6.73. The van der Waals surface area contributed by atoms with Crippen LogP contribution in [0, 0.1) is 6.92 Å². The topological polar surface area (TPSA) is 60.2 Å². The molecule has 0 saturated carbocycles. The molecule has 1 saturated heterocycles. The number of amides is 1. The number of benzene rings is 2. The molecule has 2 aliphatic heterocycles. The van der Waals surface area contributed by atoms with Gasteiger partial charge in [0.1, 0.15) is 11.8 Å². The molecule has 2 aliphatic rings. The molecule has 7 heteroatoms. The van der Waals surface area contributed by atoms with E-state index in [1.165, 1.54) is 0 Å². The molecule has 3 heterocycles. The number of rotatable bonds is 3. The molecule has 166 valence electrons. The molecule has 32 heavy (non-hydrogen) atoms. The lowest BCUT2D eigenvalue weighted by atomic mass is 9.95. The number of hydrogen-bond acceptors (Lipinski definition) is 4. The Morgan fingerprint density at radius 3 is 2.69 bits per heavy atom. The molecule has 1 unspecified atom stereocenters. The summed E-state index contributed by atoms with van der Waals surface area (Å²) >= 11 is 6.79. The number of halogens is 1. The Morgan fingerprint density at radius 2 is 1.97 bits per heavy atom. The maximum Gasteiger partial charge on any atom is 0.257 e. The van der Waals surface area contributed by atoms with Crippen molar-refractivity contribution in [1.82, 2.24) is 19.9 Å². The Bertz CT molecular complexity index is 1170. The van der Waals surface area contributed by atoms with Gasteiger partial charge in [-0.25, -0.2) is 0 Å². The fraction of sp³-hybridized carbons (Fsp3) is 0.400. The average Bonchev–Trinajstić information content (AvgIpc) is 3.14. The highest BCUT2D eigenvalue weighted by molar-refractivity contribution is 6.33. The molecule has 1 fully saturated rings. The van der Waals surface area contributed by atoms with Gasteiger partial charge in [-0.2, -0.15) is 0 Å². The second-order valence-corrected chi connectivity index (χ2v) is 9.33. The van der Waals surface area contributed by atoms with Gasteiger partial charge in [0.15, 0.2) is 5.75 Å². The van der Waals surface area contributed by atoms with Crippen molar-refractivity contribution < 1.29 is 9.53 Å². The fourth-order valence-corrected chi connectivity index (χ4v) is 4.97. The van der Waals surface area contributed by atoms with E-state index in [-0.39, 0.29) is 18.1 Å². The molecule has 6 nitrogen and oxygen atoms in total. The van der Waals surface area contributed by atoms with Crippen LogP contribution in [0.2, 0.25) is 5.02 Å². The van der Waals surface area contributed by atoms with Crippen molar-refractivity contribution in [2.45, 2.75) is 51.7 Å². The number of carbonyl (C=O) groups excluding carboxylic acids is 1. The number of carbonyl (C=O) groups is 1. The predicted molar refractivity (Wildman–Crippen MR) is 124 cm³/mol. The first-order valence-electron chi connectivity index (χ1n) is 11.2. The van der Waals surface area contributed by atoms with E-state index in [1.807, 2.05) is 31.1 Å². The summed E-state index contributed by atoms with van der Waals surface area (Å²) in [6, 6.07) is 10.5. The summed E-state index contributed by atoms with van der Waals surface area (Å²) in [6.45, 7) is 4.86. The van der Waals surface area contributed by atoms with Gasteiger partial charge in [-0.05, 0) is 55.9 Å². The maximum absolute atomic E-state index is 13.5. The minimum absolute atomic E-state index is 0.0222. The maximum atomic E-state index is 13.5. The van der Waals surface area contributed by atoms with Crippen molar-refractivity contribution >= 4 is 17.5 Å². The summed E-state index contributed by atoms with van der Waals surface area (Å²) in [5.74, 6) is 0.578. The minimum atomic E-state index is 0.0222. The summed E-state index contributed by atoms with van der Waals surface area (Å²) in [5, 5.41) is 8.73. The van der Waals surface area contributed by atoms with Crippen LogP contribution in [-0.4, -0.2) is 44.5 Å². The van der Waals surface area contributed by atoms with Crippen LogP contribution in [0.15, 0.2) is 36.5 Å². The van der Waals surface area contributed by atoms with E-state index in [4.69, 9.17) is 16.3 Å². The molecule has 2 aromatic carbocycles. The zero-order valence-corrected chi connectivity index (χ0v) is 19.4. The van der Waals surface area contributed by atoms with Crippen molar-refractivity contribution in [3.05, 3.63) is 63.8 Å². The van der Waals surface area contributed by atoms with Gasteiger partial charge in [0, 0.05) is 31.6 Å². The highest BCUT2D eigenvalue weighted by Gasteiger charge is 2.34. The molecular formula is C25H27ClN4O2. The summed E-state index contributed by atoms with van der Waals surface area (Å²) in [7, 11) is 1.85. The van der Waals surface area contributed by atoms with Gasteiger partial charge in [-0.3, -0.25) is 9.48 Å². The molecule has 0 radical (unpaired) electrons. The summed E-state index contributed by atoms with van der Waals surface area (Å²) < 4.78 is 8.00. The molecule has 2 atom stereocenters. The van der Waals surface area contributed by atoms with E-state index < -0.39 is 0 Å². The lowest BCUT2D eigenvalue weighted by molar-refractivity contribution is 0.0671. The second kappa shape index (κ2) is 8.24. The number of fused-ring (bicyclic) bond motifs is 4. The molecular weight excluding hydrogens is 424 g/mol. The SMILES string of the molecule is Cc1c(Cc2ccc(-c3cn(C)nn3)cc2)cc2c(c1Cl)OC1CC[C@@H](C)N(CC1)C2=O. The van der Waals surface area contributed by atoms with Gasteiger partial charge in [0.2, 0.25) is 0 Å². The highest BCUT2D eigenvalue weighted by atomic mass is 35.5. The first-order chi connectivity index (χ1) is 15.4. The van der Waals surface area contributed by atoms with Crippen LogP contribution in [-0.2, 0) is 13.5 Å². The molecule has 2 bridgehead atoms. The second-order valence-electron chi connectivity index (χ2n) is 8.96. The Labute approximate surface area is 193 Å². The van der Waals surface area contributed by atoms with Crippen LogP contribution in [0.3, 0.4) is 0 Å². The van der Waals surface area contributed by atoms with Crippen molar-refractivity contribution in [2.75, 3.05) is 6.54 Å².